The summed E-state index contributed by atoms with van der Waals surface area (Å²) in [5.41, 5.74) is 2.26. The fourth-order valence-electron chi connectivity index (χ4n) is 2.12. The Morgan fingerprint density at radius 1 is 0.950 bits per heavy atom. The fraction of sp³-hybridized carbons (Fsp3) is 0.167. The van der Waals surface area contributed by atoms with Crippen molar-refractivity contribution in [2.24, 2.45) is 4.99 Å². The van der Waals surface area contributed by atoms with Crippen LogP contribution >= 0.6 is 0 Å². The minimum Gasteiger partial charge on any atom is -0.469 e. The highest BCUT2D eigenvalue weighted by molar-refractivity contribution is 5.95. The molecule has 2 heteroatoms. The second-order valence-corrected chi connectivity index (χ2v) is 4.70. The van der Waals surface area contributed by atoms with Gasteiger partial charge in [-0.05, 0) is 30.0 Å². The maximum absolute atomic E-state index is 5.54. The molecule has 3 rings (SSSR count). The van der Waals surface area contributed by atoms with Crippen molar-refractivity contribution >= 4 is 5.90 Å². The lowest BCUT2D eigenvalue weighted by molar-refractivity contribution is 0.319. The number of rotatable bonds is 2. The second-order valence-electron chi connectivity index (χ2n) is 4.70. The van der Waals surface area contributed by atoms with E-state index in [1.807, 2.05) is 48.5 Å². The summed E-state index contributed by atoms with van der Waals surface area (Å²) >= 11 is 0. The average molecular weight is 261 g/mol. The van der Waals surface area contributed by atoms with Gasteiger partial charge in [-0.25, -0.2) is 4.99 Å². The van der Waals surface area contributed by atoms with Crippen LogP contribution in [0, 0.1) is 11.8 Å². The average Bonchev–Trinajstić information content (AvgIpc) is 2.95. The monoisotopic (exact) mass is 261 g/mol. The van der Waals surface area contributed by atoms with Crippen molar-refractivity contribution in [1.29, 1.82) is 0 Å². The maximum atomic E-state index is 5.54. The van der Waals surface area contributed by atoms with E-state index in [0.29, 0.717) is 12.5 Å². The Hall–Kier alpha value is -2.53. The molecule has 1 heterocycles. The number of aliphatic imine (C=N–C) groups is 1. The molecule has 0 saturated heterocycles. The minimum absolute atomic E-state index is 0.178. The first-order valence-electron chi connectivity index (χ1n) is 6.72. The van der Waals surface area contributed by atoms with Gasteiger partial charge in [-0.15, -0.1) is 0 Å². The van der Waals surface area contributed by atoms with Crippen molar-refractivity contribution in [3.8, 4) is 11.8 Å². The van der Waals surface area contributed by atoms with Crippen LogP contribution in [0.15, 0.2) is 65.7 Å². The molecular formula is C18H15NO. The molecule has 1 aliphatic rings. The van der Waals surface area contributed by atoms with E-state index in [0.717, 1.165) is 12.0 Å². The molecule has 98 valence electrons. The Labute approximate surface area is 119 Å². The Morgan fingerprint density at radius 3 is 2.40 bits per heavy atom. The lowest BCUT2D eigenvalue weighted by Gasteiger charge is -2.03. The van der Waals surface area contributed by atoms with Gasteiger partial charge in [-0.3, -0.25) is 0 Å². The number of benzene rings is 2. The molecule has 0 bridgehead atoms. The van der Waals surface area contributed by atoms with E-state index < -0.39 is 0 Å². The van der Waals surface area contributed by atoms with Crippen LogP contribution in [0.5, 0.6) is 0 Å². The van der Waals surface area contributed by atoms with E-state index in [2.05, 4.69) is 29.0 Å². The Bertz CT molecular complexity index is 650. The van der Waals surface area contributed by atoms with Gasteiger partial charge in [0.2, 0.25) is 0 Å². The Kier molecular flexibility index (Phi) is 3.80. The van der Waals surface area contributed by atoms with E-state index >= 15 is 0 Å². The molecule has 0 radical (unpaired) electrons. The van der Waals surface area contributed by atoms with Crippen molar-refractivity contribution < 1.29 is 4.74 Å². The van der Waals surface area contributed by atoms with Crippen molar-refractivity contribution in [2.75, 3.05) is 6.61 Å². The zero-order chi connectivity index (χ0) is 13.6. The van der Waals surface area contributed by atoms with Gasteiger partial charge in [0.05, 0.1) is 6.04 Å². The molecule has 0 unspecified atom stereocenters. The van der Waals surface area contributed by atoms with Gasteiger partial charge in [0.1, 0.15) is 6.61 Å². The maximum Gasteiger partial charge on any atom is 0.264 e. The van der Waals surface area contributed by atoms with Crippen LogP contribution in [0.25, 0.3) is 0 Å². The predicted octanol–water partition coefficient (Wildman–Crippen LogP) is 3.08. The Balaban J connectivity index is 1.65. The van der Waals surface area contributed by atoms with E-state index in [1.165, 1.54) is 5.56 Å². The summed E-state index contributed by atoms with van der Waals surface area (Å²) in [5.74, 6) is 6.61. The van der Waals surface area contributed by atoms with Gasteiger partial charge in [0.15, 0.2) is 0 Å². The second kappa shape index (κ2) is 6.08. The highest BCUT2D eigenvalue weighted by Crippen LogP contribution is 2.11. The van der Waals surface area contributed by atoms with Gasteiger partial charge < -0.3 is 4.74 Å². The number of nitrogens with zero attached hydrogens (tertiary/aromatic N) is 1. The van der Waals surface area contributed by atoms with Gasteiger partial charge >= 0.3 is 0 Å². The molecule has 2 aromatic carbocycles. The summed E-state index contributed by atoms with van der Waals surface area (Å²) in [5, 5.41) is 0. The molecule has 0 spiro atoms. The topological polar surface area (TPSA) is 21.6 Å². The first-order chi connectivity index (χ1) is 9.90. The van der Waals surface area contributed by atoms with E-state index in [1.54, 1.807) is 0 Å². The van der Waals surface area contributed by atoms with Crippen LogP contribution in [0.2, 0.25) is 0 Å². The van der Waals surface area contributed by atoms with Gasteiger partial charge in [-0.1, -0.05) is 54.5 Å². The van der Waals surface area contributed by atoms with Crippen LogP contribution in [0.3, 0.4) is 0 Å². The first-order valence-corrected chi connectivity index (χ1v) is 6.72. The number of ether oxygens (including phenoxy) is 1. The van der Waals surface area contributed by atoms with Crippen LogP contribution in [0.1, 0.15) is 11.1 Å². The van der Waals surface area contributed by atoms with E-state index in [4.69, 9.17) is 4.74 Å². The summed E-state index contributed by atoms with van der Waals surface area (Å²) < 4.78 is 5.54. The molecule has 0 aromatic heterocycles. The molecule has 2 aromatic rings. The quantitative estimate of drug-likeness (QED) is 0.761. The third-order valence-electron chi connectivity index (χ3n) is 3.11. The largest absolute Gasteiger partial charge is 0.469 e. The van der Waals surface area contributed by atoms with Crippen LogP contribution < -0.4 is 0 Å². The van der Waals surface area contributed by atoms with Gasteiger partial charge in [0, 0.05) is 5.56 Å². The lowest BCUT2D eigenvalue weighted by Crippen LogP contribution is -2.09. The summed E-state index contributed by atoms with van der Waals surface area (Å²) in [4.78, 5) is 4.52. The van der Waals surface area contributed by atoms with Crippen molar-refractivity contribution in [1.82, 2.24) is 0 Å². The molecule has 1 atom stereocenters. The Morgan fingerprint density at radius 2 is 1.65 bits per heavy atom. The number of hydrogen-bond donors (Lipinski definition) is 0. The molecule has 0 saturated carbocycles. The summed E-state index contributed by atoms with van der Waals surface area (Å²) in [6, 6.07) is 20.4. The smallest absolute Gasteiger partial charge is 0.264 e. The first kappa shape index (κ1) is 12.5. The van der Waals surface area contributed by atoms with Crippen molar-refractivity contribution in [3.63, 3.8) is 0 Å². The zero-order valence-electron chi connectivity index (χ0n) is 11.1. The minimum atomic E-state index is 0.178. The summed E-state index contributed by atoms with van der Waals surface area (Å²) in [7, 11) is 0. The molecule has 0 amide bonds. The molecule has 0 fully saturated rings. The third-order valence-corrected chi connectivity index (χ3v) is 3.11. The highest BCUT2D eigenvalue weighted by Gasteiger charge is 2.17. The van der Waals surface area contributed by atoms with Gasteiger partial charge in [0.25, 0.3) is 5.90 Å². The molecule has 2 nitrogen and oxygen atoms in total. The highest BCUT2D eigenvalue weighted by atomic mass is 16.5. The molecule has 1 aliphatic heterocycles. The SMILES string of the molecule is C(#Cc1ccccc1)C1=N[C@@H](Cc2ccccc2)CO1. The third kappa shape index (κ3) is 3.27. The van der Waals surface area contributed by atoms with Crippen LogP contribution in [-0.4, -0.2) is 18.5 Å². The molecule has 0 aliphatic carbocycles. The number of hydrogen-bond acceptors (Lipinski definition) is 2. The summed E-state index contributed by atoms with van der Waals surface area (Å²) in [6.45, 7) is 0.619. The van der Waals surface area contributed by atoms with E-state index in [9.17, 15) is 0 Å². The standard InChI is InChI=1S/C18H15NO/c1-3-7-15(8-4-1)11-12-18-19-17(14-20-18)13-16-9-5-2-6-10-16/h1-10,17H,13-14H2/t17-/m0/s1. The van der Waals surface area contributed by atoms with Gasteiger partial charge in [-0.2, -0.15) is 0 Å². The van der Waals surface area contributed by atoms with E-state index in [-0.39, 0.29) is 6.04 Å². The molecular weight excluding hydrogens is 246 g/mol. The fourth-order valence-corrected chi connectivity index (χ4v) is 2.12. The normalized spacial score (nSPS) is 16.8. The molecule has 0 N–H and O–H groups in total. The van der Waals surface area contributed by atoms with Crippen molar-refractivity contribution in [3.05, 3.63) is 71.8 Å². The summed E-state index contributed by atoms with van der Waals surface area (Å²) in [6.07, 6.45) is 0.900. The lowest BCUT2D eigenvalue weighted by atomic mass is 10.1. The van der Waals surface area contributed by atoms with Crippen molar-refractivity contribution in [2.45, 2.75) is 12.5 Å². The zero-order valence-corrected chi connectivity index (χ0v) is 11.1. The van der Waals surface area contributed by atoms with Crippen LogP contribution in [0.4, 0.5) is 0 Å². The predicted molar refractivity (Wildman–Crippen MR) is 80.6 cm³/mol. The van der Waals surface area contributed by atoms with Crippen LogP contribution in [-0.2, 0) is 11.2 Å². The molecule has 20 heavy (non-hydrogen) atoms.